The number of pyridine rings is 1. The molecule has 1 fully saturated rings. The maximum atomic E-state index is 14.5. The van der Waals surface area contributed by atoms with Crippen molar-refractivity contribution >= 4 is 34.9 Å². The number of hydrogen-bond donors (Lipinski definition) is 0. The molecule has 0 aliphatic carbocycles. The van der Waals surface area contributed by atoms with Gasteiger partial charge in [-0.3, -0.25) is 14.2 Å². The lowest BCUT2D eigenvalue weighted by Gasteiger charge is -2.28. The van der Waals surface area contributed by atoms with Gasteiger partial charge in [0.05, 0.1) is 46.4 Å². The molecule has 2 aromatic heterocycles. The number of amides is 1. The fourth-order valence-electron chi connectivity index (χ4n) is 5.07. The second-order valence-electron chi connectivity index (χ2n) is 10.3. The molecular formula is C33H31ClN4O3S. The number of ether oxygens (including phenoxy) is 1. The summed E-state index contributed by atoms with van der Waals surface area (Å²) in [7, 11) is 0. The zero-order valence-corrected chi connectivity index (χ0v) is 25.4. The second kappa shape index (κ2) is 12.8. The SMILES string of the molecule is CCOc1ccc(C#N)cc1-n1c(C=C(C)C)c(C(=O)N2CCCCC2)cc(-c2nc(-c3ccc(Cl)cc3)cs2)c1=O. The van der Waals surface area contributed by atoms with Gasteiger partial charge >= 0.3 is 0 Å². The van der Waals surface area contributed by atoms with Crippen LogP contribution >= 0.6 is 22.9 Å². The Bertz CT molecular complexity index is 1760. The summed E-state index contributed by atoms with van der Waals surface area (Å²) in [6.45, 7) is 7.39. The van der Waals surface area contributed by atoms with Crippen molar-refractivity contribution in [3.63, 3.8) is 0 Å². The van der Waals surface area contributed by atoms with Gasteiger partial charge in [0.2, 0.25) is 0 Å². The Labute approximate surface area is 254 Å². The largest absolute Gasteiger partial charge is 0.492 e. The fraction of sp³-hybridized carbons (Fsp3) is 0.273. The predicted molar refractivity (Wildman–Crippen MR) is 169 cm³/mol. The molecule has 214 valence electrons. The van der Waals surface area contributed by atoms with Crippen LogP contribution in [-0.4, -0.2) is 40.1 Å². The molecule has 1 aliphatic heterocycles. The summed E-state index contributed by atoms with van der Waals surface area (Å²) in [5.74, 6) is 0.303. The number of aromatic nitrogens is 2. The number of allylic oxidation sites excluding steroid dienone is 1. The zero-order chi connectivity index (χ0) is 29.8. The van der Waals surface area contributed by atoms with E-state index in [0.717, 1.165) is 30.4 Å². The first-order chi connectivity index (χ1) is 20.3. The van der Waals surface area contributed by atoms with Gasteiger partial charge in [-0.05, 0) is 82.5 Å². The van der Waals surface area contributed by atoms with E-state index < -0.39 is 0 Å². The summed E-state index contributed by atoms with van der Waals surface area (Å²) in [6.07, 6.45) is 4.80. The topological polar surface area (TPSA) is 88.2 Å². The van der Waals surface area contributed by atoms with Crippen LogP contribution in [0.1, 0.15) is 61.6 Å². The molecule has 2 aromatic carbocycles. The van der Waals surface area contributed by atoms with E-state index >= 15 is 0 Å². The molecule has 1 aliphatic rings. The number of nitriles is 1. The van der Waals surface area contributed by atoms with Crippen molar-refractivity contribution in [1.82, 2.24) is 14.5 Å². The van der Waals surface area contributed by atoms with Gasteiger partial charge in [0.15, 0.2) is 0 Å². The van der Waals surface area contributed by atoms with Crippen LogP contribution in [-0.2, 0) is 0 Å². The number of halogens is 1. The van der Waals surface area contributed by atoms with E-state index in [1.807, 2.05) is 49.3 Å². The van der Waals surface area contributed by atoms with Gasteiger partial charge in [0.1, 0.15) is 10.8 Å². The number of nitrogens with zero attached hydrogens (tertiary/aromatic N) is 4. The van der Waals surface area contributed by atoms with Crippen molar-refractivity contribution in [3.8, 4) is 39.3 Å². The van der Waals surface area contributed by atoms with E-state index in [0.29, 0.717) is 69.2 Å². The number of benzene rings is 2. The Hall–Kier alpha value is -4.19. The molecule has 0 unspecified atom stereocenters. The molecule has 7 nitrogen and oxygen atoms in total. The van der Waals surface area contributed by atoms with Crippen molar-refractivity contribution in [3.05, 3.63) is 91.7 Å². The van der Waals surface area contributed by atoms with Crippen LogP contribution in [0.2, 0.25) is 5.02 Å². The summed E-state index contributed by atoms with van der Waals surface area (Å²) in [5, 5.41) is 12.7. The molecule has 0 radical (unpaired) electrons. The van der Waals surface area contributed by atoms with Crippen molar-refractivity contribution in [2.45, 2.75) is 40.0 Å². The minimum Gasteiger partial charge on any atom is -0.492 e. The lowest BCUT2D eigenvalue weighted by atomic mass is 10.0. The number of likely N-dealkylation sites (tertiary alicyclic amines) is 1. The molecule has 0 bridgehead atoms. The van der Waals surface area contributed by atoms with Crippen LogP contribution in [0.15, 0.2) is 64.3 Å². The quantitative estimate of drug-likeness (QED) is 0.218. The predicted octanol–water partition coefficient (Wildman–Crippen LogP) is 7.60. The lowest BCUT2D eigenvalue weighted by Crippen LogP contribution is -2.37. The van der Waals surface area contributed by atoms with Crippen LogP contribution in [0.3, 0.4) is 0 Å². The Morgan fingerprint density at radius 1 is 1.12 bits per heavy atom. The van der Waals surface area contributed by atoms with Crippen LogP contribution in [0.4, 0.5) is 0 Å². The second-order valence-corrected chi connectivity index (χ2v) is 11.6. The minimum absolute atomic E-state index is 0.138. The smallest absolute Gasteiger partial charge is 0.266 e. The number of piperidine rings is 1. The molecule has 5 rings (SSSR count). The average Bonchev–Trinajstić information content (AvgIpc) is 3.48. The van der Waals surface area contributed by atoms with Crippen LogP contribution < -0.4 is 10.3 Å². The number of carbonyl (C=O) groups is 1. The third-order valence-electron chi connectivity index (χ3n) is 7.04. The molecular weight excluding hydrogens is 568 g/mol. The molecule has 0 spiro atoms. The minimum atomic E-state index is -0.356. The van der Waals surface area contributed by atoms with Crippen LogP contribution in [0.5, 0.6) is 5.75 Å². The number of rotatable bonds is 7. The van der Waals surface area contributed by atoms with Crippen LogP contribution in [0.25, 0.3) is 33.6 Å². The monoisotopic (exact) mass is 598 g/mol. The first kappa shape index (κ1) is 29.3. The van der Waals surface area contributed by atoms with E-state index in [1.54, 1.807) is 36.4 Å². The van der Waals surface area contributed by atoms with Gasteiger partial charge < -0.3 is 9.64 Å². The van der Waals surface area contributed by atoms with Gasteiger partial charge in [-0.15, -0.1) is 11.3 Å². The highest BCUT2D eigenvalue weighted by atomic mass is 35.5. The Morgan fingerprint density at radius 3 is 2.52 bits per heavy atom. The summed E-state index contributed by atoms with van der Waals surface area (Å²) in [5.41, 5.74) is 4.06. The standard InChI is InChI=1S/C33H31ClN4O3S/c1-4-41-30-13-8-22(19-35)17-29(30)38-28(16-21(2)3)25(32(39)37-14-6-5-7-15-37)18-26(33(38)40)31-36-27(20-42-31)23-9-11-24(34)12-10-23/h8-13,16-18,20H,4-7,14-15H2,1-3H3. The molecule has 0 saturated carbocycles. The first-order valence-corrected chi connectivity index (χ1v) is 15.2. The fourth-order valence-corrected chi connectivity index (χ4v) is 6.03. The summed E-state index contributed by atoms with van der Waals surface area (Å²) in [6, 6.07) is 16.2. The Kier molecular flexibility index (Phi) is 8.91. The van der Waals surface area contributed by atoms with E-state index in [9.17, 15) is 14.9 Å². The molecule has 4 aromatic rings. The van der Waals surface area contributed by atoms with Gasteiger partial charge in [-0.1, -0.05) is 29.3 Å². The zero-order valence-electron chi connectivity index (χ0n) is 23.8. The molecule has 3 heterocycles. The Balaban J connectivity index is 1.81. The van der Waals surface area contributed by atoms with E-state index in [4.69, 9.17) is 21.3 Å². The first-order valence-electron chi connectivity index (χ1n) is 13.9. The third kappa shape index (κ3) is 6.03. The van der Waals surface area contributed by atoms with Gasteiger partial charge in [0, 0.05) is 29.1 Å². The average molecular weight is 599 g/mol. The normalized spacial score (nSPS) is 13.0. The van der Waals surface area contributed by atoms with Gasteiger partial charge in [-0.25, -0.2) is 4.98 Å². The number of carbonyl (C=O) groups excluding carboxylic acids is 1. The van der Waals surface area contributed by atoms with Gasteiger partial charge in [-0.2, -0.15) is 5.26 Å². The summed E-state index contributed by atoms with van der Waals surface area (Å²) >= 11 is 7.42. The van der Waals surface area contributed by atoms with Crippen molar-refractivity contribution in [2.75, 3.05) is 19.7 Å². The highest BCUT2D eigenvalue weighted by Gasteiger charge is 2.27. The summed E-state index contributed by atoms with van der Waals surface area (Å²) < 4.78 is 7.44. The van der Waals surface area contributed by atoms with E-state index in [-0.39, 0.29) is 11.5 Å². The van der Waals surface area contributed by atoms with Gasteiger partial charge in [0.25, 0.3) is 11.5 Å². The highest BCUT2D eigenvalue weighted by molar-refractivity contribution is 7.13. The summed E-state index contributed by atoms with van der Waals surface area (Å²) in [4.78, 5) is 35.3. The van der Waals surface area contributed by atoms with E-state index in [2.05, 4.69) is 6.07 Å². The molecule has 0 N–H and O–H groups in total. The molecule has 1 amide bonds. The Morgan fingerprint density at radius 2 is 1.86 bits per heavy atom. The molecule has 9 heteroatoms. The van der Waals surface area contributed by atoms with Crippen LogP contribution in [0, 0.1) is 11.3 Å². The third-order valence-corrected chi connectivity index (χ3v) is 8.17. The maximum absolute atomic E-state index is 14.5. The van der Waals surface area contributed by atoms with Crippen molar-refractivity contribution < 1.29 is 9.53 Å². The lowest BCUT2D eigenvalue weighted by molar-refractivity contribution is 0.0723. The van der Waals surface area contributed by atoms with Crippen molar-refractivity contribution in [2.24, 2.45) is 0 Å². The maximum Gasteiger partial charge on any atom is 0.266 e. The molecule has 0 atom stereocenters. The number of hydrogen-bond acceptors (Lipinski definition) is 6. The number of thiazole rings is 1. The molecule has 42 heavy (non-hydrogen) atoms. The van der Waals surface area contributed by atoms with Crippen molar-refractivity contribution in [1.29, 1.82) is 5.26 Å². The highest BCUT2D eigenvalue weighted by Crippen LogP contribution is 2.33. The van der Waals surface area contributed by atoms with E-state index in [1.165, 1.54) is 15.9 Å². The molecule has 1 saturated heterocycles.